The molecule has 1 fully saturated rings. The van der Waals surface area contributed by atoms with Crippen LogP contribution in [-0.2, 0) is 6.42 Å². The number of amides is 1. The molecule has 2 aromatic rings. The van der Waals surface area contributed by atoms with E-state index >= 15 is 0 Å². The Morgan fingerprint density at radius 2 is 2.12 bits per heavy atom. The van der Waals surface area contributed by atoms with Crippen molar-refractivity contribution in [1.29, 1.82) is 0 Å². The van der Waals surface area contributed by atoms with Crippen LogP contribution < -0.4 is 10.5 Å². The van der Waals surface area contributed by atoms with Gasteiger partial charge in [0.15, 0.2) is 0 Å². The van der Waals surface area contributed by atoms with Crippen LogP contribution in [0.1, 0.15) is 28.8 Å². The number of hydrogen-bond donors (Lipinski definition) is 1. The normalized spacial score (nSPS) is 19.0. The molecule has 2 aliphatic rings. The van der Waals surface area contributed by atoms with E-state index in [1.807, 2.05) is 4.90 Å². The molecule has 2 aliphatic heterocycles. The van der Waals surface area contributed by atoms with Crippen LogP contribution in [0, 0.1) is 5.82 Å². The van der Waals surface area contributed by atoms with Gasteiger partial charge in [0, 0.05) is 48.9 Å². The van der Waals surface area contributed by atoms with Gasteiger partial charge in [0.1, 0.15) is 17.7 Å². The molecule has 25 heavy (non-hydrogen) atoms. The van der Waals surface area contributed by atoms with Crippen LogP contribution in [0.15, 0.2) is 30.5 Å². The van der Waals surface area contributed by atoms with Gasteiger partial charge >= 0.3 is 0 Å². The molecule has 0 saturated carbocycles. The average Bonchev–Trinajstić information content (AvgIpc) is 3.29. The Morgan fingerprint density at radius 3 is 2.88 bits per heavy atom. The molecule has 0 unspecified atom stereocenters. The SMILES string of the molecule is NC[C@@H]1Cc2cc(F)cc(-c3cc(C(=O)N4CCCC4)ccn3)c2O1. The lowest BCUT2D eigenvalue weighted by atomic mass is 10.0. The second-order valence-electron chi connectivity index (χ2n) is 6.55. The van der Waals surface area contributed by atoms with Crippen molar-refractivity contribution in [2.45, 2.75) is 25.4 Å². The van der Waals surface area contributed by atoms with Gasteiger partial charge in [0.2, 0.25) is 0 Å². The van der Waals surface area contributed by atoms with Gasteiger partial charge in [-0.3, -0.25) is 9.78 Å². The largest absolute Gasteiger partial charge is 0.488 e. The summed E-state index contributed by atoms with van der Waals surface area (Å²) in [6.07, 6.45) is 4.10. The minimum atomic E-state index is -0.340. The monoisotopic (exact) mass is 341 g/mol. The predicted octanol–water partition coefficient (Wildman–Crippen LogP) is 2.39. The van der Waals surface area contributed by atoms with Gasteiger partial charge in [-0.1, -0.05) is 0 Å². The van der Waals surface area contributed by atoms with Crippen molar-refractivity contribution in [3.63, 3.8) is 0 Å². The summed E-state index contributed by atoms with van der Waals surface area (Å²) >= 11 is 0. The van der Waals surface area contributed by atoms with Gasteiger partial charge in [-0.25, -0.2) is 4.39 Å². The van der Waals surface area contributed by atoms with E-state index in [9.17, 15) is 9.18 Å². The fourth-order valence-corrected chi connectivity index (χ4v) is 3.53. The number of carbonyl (C=O) groups is 1. The number of hydrogen-bond acceptors (Lipinski definition) is 4. The molecule has 1 saturated heterocycles. The highest BCUT2D eigenvalue weighted by atomic mass is 19.1. The van der Waals surface area contributed by atoms with Crippen molar-refractivity contribution in [3.05, 3.63) is 47.4 Å². The van der Waals surface area contributed by atoms with Crippen LogP contribution in [0.5, 0.6) is 5.75 Å². The summed E-state index contributed by atoms with van der Waals surface area (Å²) in [5.41, 5.74) is 8.16. The molecule has 6 heteroatoms. The highest BCUT2D eigenvalue weighted by Crippen LogP contribution is 2.39. The van der Waals surface area contributed by atoms with Crippen LogP contribution in [0.2, 0.25) is 0 Å². The molecule has 0 spiro atoms. The first kappa shape index (κ1) is 16.0. The Morgan fingerprint density at radius 1 is 1.32 bits per heavy atom. The molecular formula is C19H20FN3O2. The number of ether oxygens (including phenoxy) is 1. The smallest absolute Gasteiger partial charge is 0.253 e. The van der Waals surface area contributed by atoms with Crippen molar-refractivity contribution in [2.24, 2.45) is 5.73 Å². The molecule has 4 rings (SSSR count). The maximum Gasteiger partial charge on any atom is 0.253 e. The minimum Gasteiger partial charge on any atom is -0.488 e. The summed E-state index contributed by atoms with van der Waals surface area (Å²) in [6, 6.07) is 6.31. The summed E-state index contributed by atoms with van der Waals surface area (Å²) in [4.78, 5) is 18.8. The zero-order chi connectivity index (χ0) is 17.4. The third-order valence-electron chi connectivity index (χ3n) is 4.80. The first-order chi connectivity index (χ1) is 12.2. The van der Waals surface area contributed by atoms with Crippen molar-refractivity contribution in [1.82, 2.24) is 9.88 Å². The van der Waals surface area contributed by atoms with Gasteiger partial charge in [-0.2, -0.15) is 0 Å². The van der Waals surface area contributed by atoms with Crippen LogP contribution in [-0.4, -0.2) is 41.5 Å². The van der Waals surface area contributed by atoms with Gasteiger partial charge in [0.05, 0.1) is 5.69 Å². The fraction of sp³-hybridized carbons (Fsp3) is 0.368. The molecule has 1 amide bonds. The van der Waals surface area contributed by atoms with Crippen molar-refractivity contribution >= 4 is 5.91 Å². The van der Waals surface area contributed by atoms with Gasteiger partial charge in [-0.15, -0.1) is 0 Å². The summed E-state index contributed by atoms with van der Waals surface area (Å²) in [6.45, 7) is 1.94. The predicted molar refractivity (Wildman–Crippen MR) is 91.9 cm³/mol. The molecule has 1 aromatic heterocycles. The Kier molecular flexibility index (Phi) is 4.13. The van der Waals surface area contributed by atoms with Gasteiger partial charge in [-0.05, 0) is 37.1 Å². The zero-order valence-corrected chi connectivity index (χ0v) is 13.9. The first-order valence-electron chi connectivity index (χ1n) is 8.60. The molecule has 2 N–H and O–H groups in total. The van der Waals surface area contributed by atoms with E-state index in [2.05, 4.69) is 4.98 Å². The number of likely N-dealkylation sites (tertiary alicyclic amines) is 1. The number of benzene rings is 1. The maximum absolute atomic E-state index is 14.1. The molecule has 0 radical (unpaired) electrons. The number of halogens is 1. The van der Waals surface area contributed by atoms with E-state index in [1.165, 1.54) is 12.1 Å². The minimum absolute atomic E-state index is 0.00467. The topological polar surface area (TPSA) is 68.5 Å². The van der Waals surface area contributed by atoms with E-state index < -0.39 is 0 Å². The zero-order valence-electron chi connectivity index (χ0n) is 13.9. The van der Waals surface area contributed by atoms with Crippen molar-refractivity contribution in [3.8, 4) is 17.0 Å². The summed E-state index contributed by atoms with van der Waals surface area (Å²) in [7, 11) is 0. The lowest BCUT2D eigenvalue weighted by Gasteiger charge is -2.16. The summed E-state index contributed by atoms with van der Waals surface area (Å²) < 4.78 is 19.9. The number of nitrogens with zero attached hydrogens (tertiary/aromatic N) is 2. The lowest BCUT2D eigenvalue weighted by molar-refractivity contribution is 0.0792. The Hall–Kier alpha value is -2.47. The van der Waals surface area contributed by atoms with Crippen molar-refractivity contribution in [2.75, 3.05) is 19.6 Å². The molecule has 130 valence electrons. The Bertz CT molecular complexity index is 818. The Balaban J connectivity index is 1.72. The maximum atomic E-state index is 14.1. The second kappa shape index (κ2) is 6.44. The van der Waals surface area contributed by atoms with Crippen molar-refractivity contribution < 1.29 is 13.9 Å². The van der Waals surface area contributed by atoms with E-state index in [0.717, 1.165) is 31.5 Å². The number of aromatic nitrogens is 1. The highest BCUT2D eigenvalue weighted by Gasteiger charge is 2.27. The molecule has 1 aromatic carbocycles. The van der Waals surface area contributed by atoms with Crippen LogP contribution in [0.25, 0.3) is 11.3 Å². The average molecular weight is 341 g/mol. The lowest BCUT2D eigenvalue weighted by Crippen LogP contribution is -2.27. The summed E-state index contributed by atoms with van der Waals surface area (Å²) in [5, 5.41) is 0. The number of fused-ring (bicyclic) bond motifs is 1. The van der Waals surface area contributed by atoms with Gasteiger partial charge in [0.25, 0.3) is 5.91 Å². The van der Waals surface area contributed by atoms with Crippen LogP contribution >= 0.6 is 0 Å². The highest BCUT2D eigenvalue weighted by molar-refractivity contribution is 5.95. The number of rotatable bonds is 3. The number of nitrogens with two attached hydrogens (primary N) is 1. The standard InChI is InChI=1S/C19H20FN3O2/c20-14-7-13-8-15(11-21)25-18(13)16(10-14)17-9-12(3-4-22-17)19(24)23-5-1-2-6-23/h3-4,7,9-10,15H,1-2,5-6,8,11,21H2/t15-/m0/s1. The van der Waals surface area contributed by atoms with Crippen LogP contribution in [0.3, 0.4) is 0 Å². The third-order valence-corrected chi connectivity index (χ3v) is 4.80. The van der Waals surface area contributed by atoms with E-state index in [4.69, 9.17) is 10.5 Å². The van der Waals surface area contributed by atoms with Gasteiger partial charge < -0.3 is 15.4 Å². The number of pyridine rings is 1. The third kappa shape index (κ3) is 2.98. The molecule has 5 nitrogen and oxygen atoms in total. The molecule has 3 heterocycles. The molecule has 0 aliphatic carbocycles. The van der Waals surface area contributed by atoms with E-state index in [-0.39, 0.29) is 17.8 Å². The molecule has 0 bridgehead atoms. The summed E-state index contributed by atoms with van der Waals surface area (Å²) in [5.74, 6) is 0.276. The first-order valence-corrected chi connectivity index (χ1v) is 8.60. The molecular weight excluding hydrogens is 321 g/mol. The van der Waals surface area contributed by atoms with E-state index in [1.54, 1.807) is 18.3 Å². The Labute approximate surface area is 145 Å². The fourth-order valence-electron chi connectivity index (χ4n) is 3.53. The second-order valence-corrected chi connectivity index (χ2v) is 6.55. The quantitative estimate of drug-likeness (QED) is 0.931. The van der Waals surface area contributed by atoms with E-state index in [0.29, 0.717) is 35.5 Å². The number of carbonyl (C=O) groups excluding carboxylic acids is 1. The molecule has 1 atom stereocenters. The van der Waals surface area contributed by atoms with Crippen LogP contribution in [0.4, 0.5) is 4.39 Å².